The van der Waals surface area contributed by atoms with E-state index in [1.165, 1.54) is 12.1 Å². The van der Waals surface area contributed by atoms with Crippen LogP contribution in [0.25, 0.3) is 22.6 Å². The summed E-state index contributed by atoms with van der Waals surface area (Å²) in [6, 6.07) is 15.9. The van der Waals surface area contributed by atoms with Crippen LogP contribution in [0.4, 0.5) is 5.69 Å². The Labute approximate surface area is 205 Å². The number of likely N-dealkylation sites (N-methyl/N-ethyl adjacent to an activating group) is 2. The molecule has 0 radical (unpaired) electrons. The highest BCUT2D eigenvalue weighted by atomic mass is 16.6. The average Bonchev–Trinajstić information content (AvgIpc) is 2.87. The van der Waals surface area contributed by atoms with E-state index in [4.69, 9.17) is 9.97 Å². The molecular formula is C26H30N6O3. The van der Waals surface area contributed by atoms with Crippen LogP contribution >= 0.6 is 0 Å². The number of non-ortho nitro benzene ring substituents is 1. The molecule has 1 aliphatic rings. The number of carbonyl (C=O) groups excluding carboxylic acids is 1. The minimum atomic E-state index is -0.433. The van der Waals surface area contributed by atoms with Crippen LogP contribution in [0.15, 0.2) is 54.6 Å². The predicted octanol–water partition coefficient (Wildman–Crippen LogP) is 3.21. The Morgan fingerprint density at radius 2 is 1.69 bits per heavy atom. The molecule has 0 atom stereocenters. The van der Waals surface area contributed by atoms with Gasteiger partial charge in [-0.15, -0.1) is 0 Å². The van der Waals surface area contributed by atoms with Crippen LogP contribution in [-0.2, 0) is 6.42 Å². The molecule has 3 aromatic rings. The first-order valence-electron chi connectivity index (χ1n) is 11.7. The van der Waals surface area contributed by atoms with Crippen molar-refractivity contribution >= 4 is 11.6 Å². The molecule has 2 aromatic carbocycles. The number of hydrogen-bond donors (Lipinski definition) is 0. The van der Waals surface area contributed by atoms with E-state index < -0.39 is 4.92 Å². The largest absolute Gasteiger partial charge is 0.336 e. The highest BCUT2D eigenvalue weighted by Crippen LogP contribution is 2.31. The molecule has 2 heterocycles. The zero-order chi connectivity index (χ0) is 24.9. The standard InChI is InChI=1S/C26H30N6O3/c1-29(2)13-12-22-23(26(33)31-16-14-30(3)15-17-31)24(20-10-7-11-21(18-20)32(34)35)28-25(27-22)19-8-5-4-6-9-19/h4-11,18H,12-17H2,1-3H3. The van der Waals surface area contributed by atoms with E-state index in [9.17, 15) is 14.9 Å². The summed E-state index contributed by atoms with van der Waals surface area (Å²) in [6.45, 7) is 3.49. The molecule has 9 nitrogen and oxygen atoms in total. The molecule has 1 fully saturated rings. The van der Waals surface area contributed by atoms with Gasteiger partial charge in [0, 0.05) is 62.4 Å². The summed E-state index contributed by atoms with van der Waals surface area (Å²) < 4.78 is 0. The predicted molar refractivity (Wildman–Crippen MR) is 135 cm³/mol. The number of nitro groups is 1. The first-order valence-corrected chi connectivity index (χ1v) is 11.7. The average molecular weight is 475 g/mol. The van der Waals surface area contributed by atoms with Crippen LogP contribution in [0.2, 0.25) is 0 Å². The molecule has 4 rings (SSSR count). The van der Waals surface area contributed by atoms with Crippen LogP contribution in [0.3, 0.4) is 0 Å². The van der Waals surface area contributed by atoms with E-state index in [-0.39, 0.29) is 11.6 Å². The topological polar surface area (TPSA) is 95.7 Å². The van der Waals surface area contributed by atoms with Crippen LogP contribution in [-0.4, -0.2) is 89.4 Å². The quantitative estimate of drug-likeness (QED) is 0.383. The Morgan fingerprint density at radius 1 is 1.00 bits per heavy atom. The van der Waals surface area contributed by atoms with Crippen molar-refractivity contribution in [2.45, 2.75) is 6.42 Å². The molecule has 0 spiro atoms. The summed E-state index contributed by atoms with van der Waals surface area (Å²) in [5.41, 5.74) is 2.82. The molecule has 1 amide bonds. The molecule has 35 heavy (non-hydrogen) atoms. The van der Waals surface area contributed by atoms with Gasteiger partial charge in [0.05, 0.1) is 21.9 Å². The van der Waals surface area contributed by atoms with E-state index in [2.05, 4.69) is 4.90 Å². The minimum absolute atomic E-state index is 0.0461. The number of amides is 1. The number of benzene rings is 2. The van der Waals surface area contributed by atoms with Gasteiger partial charge in [-0.25, -0.2) is 9.97 Å². The molecular weight excluding hydrogens is 444 g/mol. The normalized spacial score (nSPS) is 14.3. The van der Waals surface area contributed by atoms with E-state index >= 15 is 0 Å². The van der Waals surface area contributed by atoms with Crippen molar-refractivity contribution in [2.75, 3.05) is 53.9 Å². The first-order chi connectivity index (χ1) is 16.8. The summed E-state index contributed by atoms with van der Waals surface area (Å²) in [7, 11) is 5.99. The van der Waals surface area contributed by atoms with Crippen molar-refractivity contribution < 1.29 is 9.72 Å². The molecule has 9 heteroatoms. The van der Waals surface area contributed by atoms with Gasteiger partial charge in [-0.05, 0) is 21.1 Å². The highest BCUT2D eigenvalue weighted by molar-refractivity contribution is 6.01. The number of hydrogen-bond acceptors (Lipinski definition) is 7. The van der Waals surface area contributed by atoms with Gasteiger partial charge in [-0.1, -0.05) is 42.5 Å². The lowest BCUT2D eigenvalue weighted by Gasteiger charge is -2.33. The van der Waals surface area contributed by atoms with Gasteiger partial charge in [0.15, 0.2) is 5.82 Å². The lowest BCUT2D eigenvalue weighted by molar-refractivity contribution is -0.384. The summed E-state index contributed by atoms with van der Waals surface area (Å²) >= 11 is 0. The van der Waals surface area contributed by atoms with Crippen LogP contribution < -0.4 is 0 Å². The Bertz CT molecular complexity index is 1210. The number of piperazine rings is 1. The Hall–Kier alpha value is -3.69. The van der Waals surface area contributed by atoms with Crippen LogP contribution in [0.5, 0.6) is 0 Å². The van der Waals surface area contributed by atoms with Crippen molar-refractivity contribution in [1.29, 1.82) is 0 Å². The van der Waals surface area contributed by atoms with Crippen molar-refractivity contribution in [1.82, 2.24) is 24.7 Å². The van der Waals surface area contributed by atoms with Crippen molar-refractivity contribution in [3.8, 4) is 22.6 Å². The monoisotopic (exact) mass is 474 g/mol. The van der Waals surface area contributed by atoms with Crippen molar-refractivity contribution in [3.05, 3.63) is 76.0 Å². The second-order valence-electron chi connectivity index (χ2n) is 9.04. The SMILES string of the molecule is CN(C)CCc1nc(-c2ccccc2)nc(-c2cccc([N+](=O)[O-])c2)c1C(=O)N1CCN(C)CC1. The maximum absolute atomic E-state index is 13.9. The number of nitro benzene ring substituents is 1. The second-order valence-corrected chi connectivity index (χ2v) is 9.04. The third-order valence-corrected chi connectivity index (χ3v) is 6.15. The Kier molecular flexibility index (Phi) is 7.48. The summed E-state index contributed by atoms with van der Waals surface area (Å²) in [5.74, 6) is 0.365. The van der Waals surface area contributed by atoms with E-state index in [1.54, 1.807) is 12.1 Å². The van der Waals surface area contributed by atoms with Gasteiger partial charge < -0.3 is 14.7 Å². The number of rotatable bonds is 7. The van der Waals surface area contributed by atoms with Gasteiger partial charge in [-0.2, -0.15) is 0 Å². The van der Waals surface area contributed by atoms with Crippen molar-refractivity contribution in [2.24, 2.45) is 0 Å². The molecule has 1 aromatic heterocycles. The van der Waals surface area contributed by atoms with Gasteiger partial charge in [0.2, 0.25) is 0 Å². The number of aromatic nitrogens is 2. The zero-order valence-electron chi connectivity index (χ0n) is 20.3. The Balaban J connectivity index is 1.92. The van der Waals surface area contributed by atoms with E-state index in [1.807, 2.05) is 61.3 Å². The zero-order valence-corrected chi connectivity index (χ0v) is 20.3. The molecule has 0 aliphatic carbocycles. The number of nitrogens with zero attached hydrogens (tertiary/aromatic N) is 6. The summed E-state index contributed by atoms with van der Waals surface area (Å²) in [4.78, 5) is 40.7. The van der Waals surface area contributed by atoms with E-state index in [0.29, 0.717) is 54.4 Å². The van der Waals surface area contributed by atoms with Gasteiger partial charge in [0.25, 0.3) is 11.6 Å². The molecule has 1 aliphatic heterocycles. The first kappa shape index (κ1) is 24.4. The molecule has 0 N–H and O–H groups in total. The van der Waals surface area contributed by atoms with Crippen molar-refractivity contribution in [3.63, 3.8) is 0 Å². The fraction of sp³-hybridized carbons (Fsp3) is 0.346. The van der Waals surface area contributed by atoms with Gasteiger partial charge >= 0.3 is 0 Å². The molecule has 1 saturated heterocycles. The summed E-state index contributed by atoms with van der Waals surface area (Å²) in [5, 5.41) is 11.5. The Morgan fingerprint density at radius 3 is 2.34 bits per heavy atom. The third-order valence-electron chi connectivity index (χ3n) is 6.15. The minimum Gasteiger partial charge on any atom is -0.336 e. The molecule has 0 saturated carbocycles. The fourth-order valence-electron chi connectivity index (χ4n) is 4.10. The smallest absolute Gasteiger partial charge is 0.270 e. The van der Waals surface area contributed by atoms with Crippen LogP contribution in [0.1, 0.15) is 16.1 Å². The van der Waals surface area contributed by atoms with Gasteiger partial charge in [0.1, 0.15) is 0 Å². The maximum atomic E-state index is 13.9. The van der Waals surface area contributed by atoms with Gasteiger partial charge in [-0.3, -0.25) is 14.9 Å². The highest BCUT2D eigenvalue weighted by Gasteiger charge is 2.28. The third kappa shape index (κ3) is 5.70. The van der Waals surface area contributed by atoms with Crippen LogP contribution in [0, 0.1) is 10.1 Å². The lowest BCUT2D eigenvalue weighted by atomic mass is 9.99. The molecule has 0 bridgehead atoms. The molecule has 0 unspecified atom stereocenters. The second kappa shape index (κ2) is 10.7. The molecule has 182 valence electrons. The summed E-state index contributed by atoms with van der Waals surface area (Å²) in [6.07, 6.45) is 0.548. The number of carbonyl (C=O) groups is 1. The maximum Gasteiger partial charge on any atom is 0.270 e. The fourth-order valence-corrected chi connectivity index (χ4v) is 4.10. The lowest BCUT2D eigenvalue weighted by Crippen LogP contribution is -2.47. The van der Waals surface area contributed by atoms with E-state index in [0.717, 1.165) is 18.7 Å².